The first-order valence-corrected chi connectivity index (χ1v) is 4.54. The van der Waals surface area contributed by atoms with Gasteiger partial charge in [0.2, 0.25) is 5.89 Å². The lowest BCUT2D eigenvalue weighted by atomic mass is 10.2. The predicted octanol–water partition coefficient (Wildman–Crippen LogP) is 2.90. The lowest BCUT2D eigenvalue weighted by Crippen LogP contribution is -1.71. The van der Waals surface area contributed by atoms with Gasteiger partial charge in [0.05, 0.1) is 0 Å². The second-order valence-electron chi connectivity index (χ2n) is 2.70. The standard InChI is InChI=1S/C10H8N2OS/c14-10-12-11-9(13-10)7-6-8-4-2-1-3-5-8/h1-7H,(H,12,14). The first-order valence-electron chi connectivity index (χ1n) is 4.13. The lowest BCUT2D eigenvalue weighted by Gasteiger charge is -1.88. The van der Waals surface area contributed by atoms with Crippen LogP contribution in [0.2, 0.25) is 0 Å². The fourth-order valence-electron chi connectivity index (χ4n) is 1.04. The molecule has 1 N–H and O–H groups in total. The van der Waals surface area contributed by atoms with E-state index in [1.807, 2.05) is 36.4 Å². The molecule has 2 aromatic rings. The summed E-state index contributed by atoms with van der Waals surface area (Å²) in [5, 5.41) is 6.40. The molecule has 1 aromatic heterocycles. The molecule has 0 aliphatic rings. The van der Waals surface area contributed by atoms with Gasteiger partial charge in [0.15, 0.2) is 0 Å². The van der Waals surface area contributed by atoms with Crippen LogP contribution in [-0.2, 0) is 0 Å². The van der Waals surface area contributed by atoms with E-state index >= 15 is 0 Å². The molecule has 0 radical (unpaired) electrons. The summed E-state index contributed by atoms with van der Waals surface area (Å²) in [6.45, 7) is 0. The number of benzene rings is 1. The minimum absolute atomic E-state index is 0.290. The van der Waals surface area contributed by atoms with Crippen LogP contribution >= 0.6 is 12.2 Å². The summed E-state index contributed by atoms with van der Waals surface area (Å²) >= 11 is 4.75. The Labute approximate surface area is 86.1 Å². The van der Waals surface area contributed by atoms with Gasteiger partial charge >= 0.3 is 0 Å². The molecule has 14 heavy (non-hydrogen) atoms. The SMILES string of the molecule is S=c1[nH]nc(C=Cc2ccccc2)o1. The zero-order valence-corrected chi connectivity index (χ0v) is 8.12. The second kappa shape index (κ2) is 4.02. The van der Waals surface area contributed by atoms with E-state index in [4.69, 9.17) is 16.6 Å². The molecule has 1 aromatic carbocycles. The highest BCUT2D eigenvalue weighted by Gasteiger charge is 1.91. The normalized spacial score (nSPS) is 10.9. The van der Waals surface area contributed by atoms with Crippen molar-refractivity contribution < 1.29 is 4.42 Å². The number of aromatic nitrogens is 2. The molecular weight excluding hydrogens is 196 g/mol. The molecule has 0 fully saturated rings. The molecule has 0 atom stereocenters. The smallest absolute Gasteiger partial charge is 0.284 e. The van der Waals surface area contributed by atoms with Crippen LogP contribution in [0.15, 0.2) is 34.7 Å². The van der Waals surface area contributed by atoms with Gasteiger partial charge in [0, 0.05) is 6.08 Å². The third-order valence-electron chi connectivity index (χ3n) is 1.67. The molecule has 0 aliphatic carbocycles. The van der Waals surface area contributed by atoms with Crippen molar-refractivity contribution in [3.63, 3.8) is 0 Å². The number of nitrogens with one attached hydrogen (secondary N) is 1. The molecule has 0 bridgehead atoms. The van der Waals surface area contributed by atoms with Crippen molar-refractivity contribution in [2.45, 2.75) is 0 Å². The molecule has 0 unspecified atom stereocenters. The maximum absolute atomic E-state index is 5.07. The number of nitrogens with zero attached hydrogens (tertiary/aromatic N) is 1. The first-order chi connectivity index (χ1) is 6.84. The Balaban J connectivity index is 2.19. The van der Waals surface area contributed by atoms with Crippen molar-refractivity contribution >= 4 is 24.4 Å². The Hall–Kier alpha value is -1.68. The third kappa shape index (κ3) is 2.17. The summed E-state index contributed by atoms with van der Waals surface area (Å²) in [5.74, 6) is 0.485. The van der Waals surface area contributed by atoms with Crippen LogP contribution < -0.4 is 0 Å². The Bertz CT molecular complexity index is 484. The van der Waals surface area contributed by atoms with Crippen LogP contribution in [0, 0.1) is 4.84 Å². The summed E-state index contributed by atoms with van der Waals surface area (Å²) in [6, 6.07) is 9.91. The fraction of sp³-hybridized carbons (Fsp3) is 0. The summed E-state index contributed by atoms with van der Waals surface area (Å²) in [7, 11) is 0. The molecule has 0 aliphatic heterocycles. The van der Waals surface area contributed by atoms with Crippen LogP contribution in [0.5, 0.6) is 0 Å². The number of rotatable bonds is 2. The van der Waals surface area contributed by atoms with E-state index in [1.165, 1.54) is 0 Å². The van der Waals surface area contributed by atoms with Crippen molar-refractivity contribution in [1.29, 1.82) is 0 Å². The Morgan fingerprint density at radius 2 is 2.00 bits per heavy atom. The van der Waals surface area contributed by atoms with Gasteiger partial charge in [-0.3, -0.25) is 0 Å². The van der Waals surface area contributed by atoms with Crippen molar-refractivity contribution in [1.82, 2.24) is 10.2 Å². The predicted molar refractivity (Wildman–Crippen MR) is 57.1 cm³/mol. The number of H-pyrrole nitrogens is 1. The monoisotopic (exact) mass is 204 g/mol. The van der Waals surface area contributed by atoms with Crippen molar-refractivity contribution in [2.75, 3.05) is 0 Å². The van der Waals surface area contributed by atoms with Gasteiger partial charge in [-0.2, -0.15) is 0 Å². The number of hydrogen-bond acceptors (Lipinski definition) is 3. The average molecular weight is 204 g/mol. The van der Waals surface area contributed by atoms with Crippen LogP contribution in [0.3, 0.4) is 0 Å². The summed E-state index contributed by atoms with van der Waals surface area (Å²) in [4.78, 5) is 0.290. The van der Waals surface area contributed by atoms with Gasteiger partial charge < -0.3 is 4.42 Å². The topological polar surface area (TPSA) is 41.8 Å². The Morgan fingerprint density at radius 3 is 2.64 bits per heavy atom. The number of hydrogen-bond donors (Lipinski definition) is 1. The van der Waals surface area contributed by atoms with E-state index < -0.39 is 0 Å². The van der Waals surface area contributed by atoms with E-state index in [2.05, 4.69) is 10.2 Å². The molecule has 4 heteroatoms. The minimum atomic E-state index is 0.290. The van der Waals surface area contributed by atoms with Crippen LogP contribution in [0.1, 0.15) is 11.5 Å². The van der Waals surface area contributed by atoms with Gasteiger partial charge in [-0.25, -0.2) is 5.10 Å². The first kappa shape index (κ1) is 8.90. The van der Waals surface area contributed by atoms with Gasteiger partial charge in [-0.15, -0.1) is 5.10 Å². The quantitative estimate of drug-likeness (QED) is 0.765. The van der Waals surface area contributed by atoms with Gasteiger partial charge in [0.1, 0.15) is 0 Å². The van der Waals surface area contributed by atoms with E-state index in [0.29, 0.717) is 5.89 Å². The van der Waals surface area contributed by atoms with E-state index in [-0.39, 0.29) is 4.84 Å². The Morgan fingerprint density at radius 1 is 1.21 bits per heavy atom. The lowest BCUT2D eigenvalue weighted by molar-refractivity contribution is 0.527. The molecule has 0 saturated heterocycles. The van der Waals surface area contributed by atoms with Gasteiger partial charge in [-0.1, -0.05) is 30.3 Å². The molecule has 70 valence electrons. The molecule has 2 rings (SSSR count). The minimum Gasteiger partial charge on any atom is -0.410 e. The van der Waals surface area contributed by atoms with E-state index in [1.54, 1.807) is 6.08 Å². The second-order valence-corrected chi connectivity index (χ2v) is 3.07. The van der Waals surface area contributed by atoms with Crippen LogP contribution in [0.4, 0.5) is 0 Å². The van der Waals surface area contributed by atoms with Crippen LogP contribution in [0.25, 0.3) is 12.2 Å². The van der Waals surface area contributed by atoms with Crippen molar-refractivity contribution in [3.8, 4) is 0 Å². The highest BCUT2D eigenvalue weighted by Crippen LogP contribution is 2.05. The zero-order valence-electron chi connectivity index (χ0n) is 7.31. The zero-order chi connectivity index (χ0) is 9.80. The molecule has 0 saturated carbocycles. The van der Waals surface area contributed by atoms with Gasteiger partial charge in [-0.05, 0) is 23.9 Å². The van der Waals surface area contributed by atoms with E-state index in [0.717, 1.165) is 5.56 Å². The molecule has 0 amide bonds. The largest absolute Gasteiger partial charge is 0.410 e. The summed E-state index contributed by atoms with van der Waals surface area (Å²) in [5.41, 5.74) is 1.09. The van der Waals surface area contributed by atoms with E-state index in [9.17, 15) is 0 Å². The highest BCUT2D eigenvalue weighted by molar-refractivity contribution is 7.71. The Kier molecular flexibility index (Phi) is 2.55. The fourth-order valence-corrected chi connectivity index (χ4v) is 1.18. The maximum Gasteiger partial charge on any atom is 0.284 e. The van der Waals surface area contributed by atoms with Crippen molar-refractivity contribution in [3.05, 3.63) is 46.6 Å². The highest BCUT2D eigenvalue weighted by atomic mass is 32.1. The third-order valence-corrected chi connectivity index (χ3v) is 1.85. The molecular formula is C10H8N2OS. The summed E-state index contributed by atoms with van der Waals surface area (Å²) in [6.07, 6.45) is 3.68. The van der Waals surface area contributed by atoms with Crippen molar-refractivity contribution in [2.24, 2.45) is 0 Å². The maximum atomic E-state index is 5.07. The molecule has 1 heterocycles. The van der Waals surface area contributed by atoms with Crippen LogP contribution in [-0.4, -0.2) is 10.2 Å². The summed E-state index contributed by atoms with van der Waals surface area (Å²) < 4.78 is 5.07. The molecule has 0 spiro atoms. The van der Waals surface area contributed by atoms with Gasteiger partial charge in [0.25, 0.3) is 4.84 Å². The molecule has 3 nitrogen and oxygen atoms in total. The average Bonchev–Trinajstić information content (AvgIpc) is 2.63. The number of aromatic amines is 1.